The fourth-order valence-corrected chi connectivity index (χ4v) is 2.02. The van der Waals surface area contributed by atoms with Gasteiger partial charge in [0.2, 0.25) is 0 Å². The Hall–Kier alpha value is -0.800. The fraction of sp³-hybridized carbons (Fsp3) is 0.500. The largest absolute Gasteiger partial charge is 0.396 e. The maximum absolute atomic E-state index is 5.77. The molecule has 1 aliphatic rings. The number of halogens is 1. The Morgan fingerprint density at radius 1 is 1.64 bits per heavy atom. The standard InChI is InChI=1S/C10H14ClN3/c1-14-3-2-7(6-14)8-4-9(12)10(11)13-5-8/h4-5,7H,2-3,6,12H2,1H3. The van der Waals surface area contributed by atoms with Crippen molar-refractivity contribution in [2.75, 3.05) is 25.9 Å². The summed E-state index contributed by atoms with van der Waals surface area (Å²) in [6.45, 7) is 2.23. The molecule has 2 N–H and O–H groups in total. The molecule has 0 spiro atoms. The first-order valence-corrected chi connectivity index (χ1v) is 5.14. The van der Waals surface area contributed by atoms with Gasteiger partial charge in [0.1, 0.15) is 0 Å². The van der Waals surface area contributed by atoms with Crippen LogP contribution in [0.4, 0.5) is 5.69 Å². The first-order valence-electron chi connectivity index (χ1n) is 4.76. The lowest BCUT2D eigenvalue weighted by molar-refractivity contribution is 0.411. The van der Waals surface area contributed by atoms with Crippen molar-refractivity contribution in [2.45, 2.75) is 12.3 Å². The first-order chi connectivity index (χ1) is 6.66. The molecule has 76 valence electrons. The van der Waals surface area contributed by atoms with Crippen molar-refractivity contribution in [3.8, 4) is 0 Å². The highest BCUT2D eigenvalue weighted by atomic mass is 35.5. The molecule has 1 aromatic rings. The molecule has 0 saturated carbocycles. The molecule has 1 saturated heterocycles. The van der Waals surface area contributed by atoms with E-state index in [4.69, 9.17) is 17.3 Å². The number of anilines is 1. The van der Waals surface area contributed by atoms with Crippen LogP contribution >= 0.6 is 11.6 Å². The van der Waals surface area contributed by atoms with Gasteiger partial charge < -0.3 is 10.6 Å². The molecular weight excluding hydrogens is 198 g/mol. The minimum Gasteiger partial charge on any atom is -0.396 e. The predicted octanol–water partition coefficient (Wildman–Crippen LogP) is 1.74. The average Bonchev–Trinajstić information content (AvgIpc) is 2.57. The number of aromatic nitrogens is 1. The van der Waals surface area contributed by atoms with E-state index in [1.165, 1.54) is 12.0 Å². The van der Waals surface area contributed by atoms with Gasteiger partial charge >= 0.3 is 0 Å². The third kappa shape index (κ3) is 1.83. The second kappa shape index (κ2) is 3.75. The van der Waals surface area contributed by atoms with E-state index >= 15 is 0 Å². The lowest BCUT2D eigenvalue weighted by atomic mass is 10.0. The van der Waals surface area contributed by atoms with Crippen LogP contribution in [0.25, 0.3) is 0 Å². The van der Waals surface area contributed by atoms with Gasteiger partial charge in [-0.25, -0.2) is 4.98 Å². The molecule has 0 aromatic carbocycles. The van der Waals surface area contributed by atoms with E-state index in [-0.39, 0.29) is 0 Å². The molecule has 2 heterocycles. The Kier molecular flexibility index (Phi) is 2.61. The molecule has 14 heavy (non-hydrogen) atoms. The van der Waals surface area contributed by atoms with Gasteiger partial charge in [0.05, 0.1) is 5.69 Å². The lowest BCUT2D eigenvalue weighted by Gasteiger charge is -2.11. The fourth-order valence-electron chi connectivity index (χ4n) is 1.91. The van der Waals surface area contributed by atoms with Crippen LogP contribution in [0, 0.1) is 0 Å². The minimum atomic E-state index is 0.403. The van der Waals surface area contributed by atoms with Crippen LogP contribution in [-0.4, -0.2) is 30.0 Å². The van der Waals surface area contributed by atoms with Gasteiger partial charge in [0.15, 0.2) is 5.15 Å². The summed E-state index contributed by atoms with van der Waals surface area (Å²) in [7, 11) is 2.13. The molecule has 0 amide bonds. The Labute approximate surface area is 88.9 Å². The highest BCUT2D eigenvalue weighted by molar-refractivity contribution is 6.31. The number of pyridine rings is 1. The van der Waals surface area contributed by atoms with Gasteiger partial charge in [-0.2, -0.15) is 0 Å². The number of likely N-dealkylation sites (N-methyl/N-ethyl adjacent to an activating group) is 1. The Morgan fingerprint density at radius 2 is 2.43 bits per heavy atom. The van der Waals surface area contributed by atoms with Crippen molar-refractivity contribution in [1.82, 2.24) is 9.88 Å². The number of nitrogens with two attached hydrogens (primary N) is 1. The van der Waals surface area contributed by atoms with Crippen LogP contribution in [0.3, 0.4) is 0 Å². The van der Waals surface area contributed by atoms with E-state index in [0.717, 1.165) is 13.1 Å². The summed E-state index contributed by atoms with van der Waals surface area (Å²) in [5, 5.41) is 0.403. The van der Waals surface area contributed by atoms with E-state index in [0.29, 0.717) is 16.8 Å². The number of rotatable bonds is 1. The molecule has 1 unspecified atom stereocenters. The molecule has 1 aliphatic heterocycles. The predicted molar refractivity (Wildman–Crippen MR) is 58.5 cm³/mol. The topological polar surface area (TPSA) is 42.2 Å². The zero-order valence-corrected chi connectivity index (χ0v) is 8.96. The van der Waals surface area contributed by atoms with E-state index < -0.39 is 0 Å². The van der Waals surface area contributed by atoms with Crippen molar-refractivity contribution >= 4 is 17.3 Å². The van der Waals surface area contributed by atoms with Crippen molar-refractivity contribution in [3.63, 3.8) is 0 Å². The van der Waals surface area contributed by atoms with E-state index in [1.807, 2.05) is 12.3 Å². The molecule has 2 rings (SSSR count). The molecule has 1 fully saturated rings. The van der Waals surface area contributed by atoms with Gasteiger partial charge in [0, 0.05) is 12.7 Å². The summed E-state index contributed by atoms with van der Waals surface area (Å²) in [5.41, 5.74) is 7.50. The maximum atomic E-state index is 5.77. The molecule has 0 bridgehead atoms. The van der Waals surface area contributed by atoms with E-state index in [2.05, 4.69) is 16.9 Å². The molecule has 1 atom stereocenters. The summed E-state index contributed by atoms with van der Waals surface area (Å²) in [6, 6.07) is 1.94. The summed E-state index contributed by atoms with van der Waals surface area (Å²) < 4.78 is 0. The SMILES string of the molecule is CN1CCC(c2cnc(Cl)c(N)c2)C1. The zero-order chi connectivity index (χ0) is 10.1. The minimum absolute atomic E-state index is 0.403. The molecule has 4 heteroatoms. The lowest BCUT2D eigenvalue weighted by Crippen LogP contribution is -2.13. The summed E-state index contributed by atoms with van der Waals surface area (Å²) >= 11 is 5.77. The number of nitrogen functional groups attached to an aromatic ring is 1. The zero-order valence-electron chi connectivity index (χ0n) is 8.20. The first kappa shape index (κ1) is 9.74. The van der Waals surface area contributed by atoms with Gasteiger partial charge in [-0.1, -0.05) is 11.6 Å². The van der Waals surface area contributed by atoms with Crippen LogP contribution in [0.2, 0.25) is 5.15 Å². The van der Waals surface area contributed by atoms with Gasteiger partial charge in [-0.3, -0.25) is 0 Å². The van der Waals surface area contributed by atoms with E-state index in [1.54, 1.807) is 0 Å². The van der Waals surface area contributed by atoms with Crippen molar-refractivity contribution < 1.29 is 0 Å². The molecular formula is C10H14ClN3. The van der Waals surface area contributed by atoms with Crippen molar-refractivity contribution in [2.24, 2.45) is 0 Å². The smallest absolute Gasteiger partial charge is 0.151 e. The third-order valence-electron chi connectivity index (χ3n) is 2.75. The number of likely N-dealkylation sites (tertiary alicyclic amines) is 1. The molecule has 0 aliphatic carbocycles. The summed E-state index contributed by atoms with van der Waals surface area (Å²) in [5.74, 6) is 0.562. The van der Waals surface area contributed by atoms with Crippen molar-refractivity contribution in [3.05, 3.63) is 23.0 Å². The van der Waals surface area contributed by atoms with Crippen LogP contribution in [-0.2, 0) is 0 Å². The van der Waals surface area contributed by atoms with Crippen LogP contribution < -0.4 is 5.73 Å². The van der Waals surface area contributed by atoms with Crippen LogP contribution in [0.1, 0.15) is 17.9 Å². The normalized spacial score (nSPS) is 22.9. The van der Waals surface area contributed by atoms with Crippen LogP contribution in [0.5, 0.6) is 0 Å². The van der Waals surface area contributed by atoms with Crippen molar-refractivity contribution in [1.29, 1.82) is 0 Å². The Balaban J connectivity index is 2.20. The summed E-state index contributed by atoms with van der Waals surface area (Å²) in [6.07, 6.45) is 3.02. The quantitative estimate of drug-likeness (QED) is 0.720. The monoisotopic (exact) mass is 211 g/mol. The van der Waals surface area contributed by atoms with Gasteiger partial charge in [0.25, 0.3) is 0 Å². The molecule has 3 nitrogen and oxygen atoms in total. The second-order valence-corrected chi connectivity index (χ2v) is 4.25. The molecule has 1 aromatic heterocycles. The number of hydrogen-bond donors (Lipinski definition) is 1. The Morgan fingerprint density at radius 3 is 3.00 bits per heavy atom. The highest BCUT2D eigenvalue weighted by Gasteiger charge is 2.21. The highest BCUT2D eigenvalue weighted by Crippen LogP contribution is 2.28. The average molecular weight is 212 g/mol. The summed E-state index contributed by atoms with van der Waals surface area (Å²) in [4.78, 5) is 6.39. The van der Waals surface area contributed by atoms with Crippen LogP contribution in [0.15, 0.2) is 12.3 Å². The van der Waals surface area contributed by atoms with Gasteiger partial charge in [-0.05, 0) is 37.6 Å². The number of nitrogens with zero attached hydrogens (tertiary/aromatic N) is 2. The van der Waals surface area contributed by atoms with E-state index in [9.17, 15) is 0 Å². The second-order valence-electron chi connectivity index (χ2n) is 3.90. The maximum Gasteiger partial charge on any atom is 0.151 e. The third-order valence-corrected chi connectivity index (χ3v) is 3.07. The molecule has 0 radical (unpaired) electrons. The van der Waals surface area contributed by atoms with Gasteiger partial charge in [-0.15, -0.1) is 0 Å². The number of hydrogen-bond acceptors (Lipinski definition) is 3. The Bertz CT molecular complexity index is 340.